The fourth-order valence-electron chi connectivity index (χ4n) is 2.88. The summed E-state index contributed by atoms with van der Waals surface area (Å²) in [5.74, 6) is 0.0307. The predicted molar refractivity (Wildman–Crippen MR) is 102 cm³/mol. The Morgan fingerprint density at radius 2 is 1.83 bits per heavy atom. The summed E-state index contributed by atoms with van der Waals surface area (Å²) in [5, 5.41) is 6.61. The number of benzene rings is 2. The Hall–Kier alpha value is -1.49. The van der Waals surface area contributed by atoms with Gasteiger partial charge in [-0.05, 0) is 50.6 Å². The summed E-state index contributed by atoms with van der Waals surface area (Å²) in [6, 6.07) is 18.7. The normalized spacial score (nSPS) is 20.0. The summed E-state index contributed by atoms with van der Waals surface area (Å²) in [7, 11) is 0. The third-order valence-corrected chi connectivity index (χ3v) is 5.15. The van der Waals surface area contributed by atoms with Crippen molar-refractivity contribution in [3.05, 3.63) is 60.2 Å². The molecule has 0 saturated carbocycles. The van der Waals surface area contributed by atoms with E-state index in [1.807, 2.05) is 42.5 Å². The van der Waals surface area contributed by atoms with Gasteiger partial charge in [-0.15, -0.1) is 12.4 Å². The van der Waals surface area contributed by atoms with Gasteiger partial charge in [-0.1, -0.05) is 42.1 Å². The molecule has 3 nitrogen and oxygen atoms in total. The van der Waals surface area contributed by atoms with Crippen molar-refractivity contribution in [2.45, 2.75) is 41.6 Å². The largest absolute Gasteiger partial charge is 0.349 e. The molecule has 0 aromatic heterocycles. The van der Waals surface area contributed by atoms with Crippen LogP contribution in [0.2, 0.25) is 0 Å². The molecule has 128 valence electrons. The van der Waals surface area contributed by atoms with Crippen molar-refractivity contribution < 1.29 is 4.79 Å². The molecule has 1 aliphatic rings. The molecule has 2 unspecified atom stereocenters. The van der Waals surface area contributed by atoms with Crippen molar-refractivity contribution in [3.63, 3.8) is 0 Å². The number of carbonyl (C=O) groups is 1. The lowest BCUT2D eigenvalue weighted by Crippen LogP contribution is -2.46. The Morgan fingerprint density at radius 1 is 1.12 bits per heavy atom. The zero-order valence-electron chi connectivity index (χ0n) is 13.7. The minimum absolute atomic E-state index is 0. The maximum Gasteiger partial charge on any atom is 0.252 e. The van der Waals surface area contributed by atoms with Crippen LogP contribution >= 0.6 is 24.2 Å². The lowest BCUT2D eigenvalue weighted by atomic mass is 10.0. The highest BCUT2D eigenvalue weighted by molar-refractivity contribution is 7.99. The van der Waals surface area contributed by atoms with Gasteiger partial charge in [-0.3, -0.25) is 4.79 Å². The zero-order valence-corrected chi connectivity index (χ0v) is 15.3. The maximum absolute atomic E-state index is 12.7. The summed E-state index contributed by atoms with van der Waals surface area (Å²) in [6.45, 7) is 3.13. The molecule has 0 aliphatic carbocycles. The zero-order chi connectivity index (χ0) is 16.1. The van der Waals surface area contributed by atoms with Crippen LogP contribution in [-0.2, 0) is 0 Å². The predicted octanol–water partition coefficient (Wildman–Crippen LogP) is 4.13. The molecule has 3 rings (SSSR count). The summed E-state index contributed by atoms with van der Waals surface area (Å²) < 4.78 is 0. The van der Waals surface area contributed by atoms with Gasteiger partial charge in [0.2, 0.25) is 0 Å². The SMILES string of the molecule is CC1CC(NC(=O)c2ccccc2Sc2ccccc2)CCN1.Cl. The van der Waals surface area contributed by atoms with Crippen molar-refractivity contribution in [1.82, 2.24) is 10.6 Å². The van der Waals surface area contributed by atoms with Gasteiger partial charge in [0.15, 0.2) is 0 Å². The van der Waals surface area contributed by atoms with Crippen LogP contribution in [0, 0.1) is 0 Å². The average Bonchev–Trinajstić information content (AvgIpc) is 2.56. The van der Waals surface area contributed by atoms with Gasteiger partial charge in [0, 0.05) is 21.9 Å². The first kappa shape index (κ1) is 18.8. The Morgan fingerprint density at radius 3 is 2.58 bits per heavy atom. The number of halogens is 1. The number of hydrogen-bond donors (Lipinski definition) is 2. The molecule has 0 radical (unpaired) electrons. The highest BCUT2D eigenvalue weighted by atomic mass is 35.5. The van der Waals surface area contributed by atoms with Crippen LogP contribution in [0.3, 0.4) is 0 Å². The molecule has 2 aromatic carbocycles. The lowest BCUT2D eigenvalue weighted by molar-refractivity contribution is 0.0922. The molecule has 2 aromatic rings. The molecule has 1 saturated heterocycles. The molecule has 1 fully saturated rings. The van der Waals surface area contributed by atoms with E-state index in [2.05, 4.69) is 29.7 Å². The molecule has 1 heterocycles. The highest BCUT2D eigenvalue weighted by Gasteiger charge is 2.21. The van der Waals surface area contributed by atoms with E-state index in [4.69, 9.17) is 0 Å². The van der Waals surface area contributed by atoms with Gasteiger partial charge in [0.25, 0.3) is 5.91 Å². The fourth-order valence-corrected chi connectivity index (χ4v) is 3.85. The smallest absolute Gasteiger partial charge is 0.252 e. The second kappa shape index (κ2) is 9.11. The Labute approximate surface area is 154 Å². The molecule has 1 aliphatic heterocycles. The molecule has 5 heteroatoms. The molecule has 0 bridgehead atoms. The van der Waals surface area contributed by atoms with Crippen molar-refractivity contribution in [2.75, 3.05) is 6.54 Å². The fraction of sp³-hybridized carbons (Fsp3) is 0.316. The van der Waals surface area contributed by atoms with Gasteiger partial charge in [-0.2, -0.15) is 0 Å². The van der Waals surface area contributed by atoms with E-state index in [1.54, 1.807) is 11.8 Å². The Bertz CT molecular complexity index is 665. The van der Waals surface area contributed by atoms with Crippen molar-refractivity contribution in [3.8, 4) is 0 Å². The first-order chi connectivity index (χ1) is 11.2. The minimum Gasteiger partial charge on any atom is -0.349 e. The molecular formula is C19H23ClN2OS. The van der Waals surface area contributed by atoms with Gasteiger partial charge >= 0.3 is 0 Å². The summed E-state index contributed by atoms with van der Waals surface area (Å²) in [6.07, 6.45) is 1.98. The van der Waals surface area contributed by atoms with E-state index in [1.165, 1.54) is 0 Å². The molecule has 0 spiro atoms. The van der Waals surface area contributed by atoms with Crippen LogP contribution in [-0.4, -0.2) is 24.5 Å². The number of rotatable bonds is 4. The van der Waals surface area contributed by atoms with Gasteiger partial charge in [0.1, 0.15) is 0 Å². The van der Waals surface area contributed by atoms with Gasteiger partial charge in [0.05, 0.1) is 5.56 Å². The van der Waals surface area contributed by atoms with E-state index in [0.717, 1.165) is 34.7 Å². The summed E-state index contributed by atoms with van der Waals surface area (Å²) in [5.41, 5.74) is 0.757. The monoisotopic (exact) mass is 362 g/mol. The van der Waals surface area contributed by atoms with E-state index < -0.39 is 0 Å². The van der Waals surface area contributed by atoms with E-state index in [0.29, 0.717) is 6.04 Å². The second-order valence-corrected chi connectivity index (χ2v) is 7.08. The van der Waals surface area contributed by atoms with Crippen molar-refractivity contribution >= 4 is 30.1 Å². The Kier molecular flexibility index (Phi) is 7.16. The van der Waals surface area contributed by atoms with Gasteiger partial charge in [-0.25, -0.2) is 0 Å². The summed E-state index contributed by atoms with van der Waals surface area (Å²) >= 11 is 1.63. The first-order valence-electron chi connectivity index (χ1n) is 8.08. The number of carbonyl (C=O) groups excluding carboxylic acids is 1. The van der Waals surface area contributed by atoms with Crippen LogP contribution in [0.5, 0.6) is 0 Å². The highest BCUT2D eigenvalue weighted by Crippen LogP contribution is 2.30. The number of hydrogen-bond acceptors (Lipinski definition) is 3. The quantitative estimate of drug-likeness (QED) is 0.859. The van der Waals surface area contributed by atoms with Crippen LogP contribution in [0.4, 0.5) is 0 Å². The minimum atomic E-state index is 0. The van der Waals surface area contributed by atoms with E-state index in [9.17, 15) is 4.79 Å². The third-order valence-electron chi connectivity index (χ3n) is 4.06. The number of piperidine rings is 1. The topological polar surface area (TPSA) is 41.1 Å². The second-order valence-electron chi connectivity index (χ2n) is 5.96. The Balaban J connectivity index is 0.00000208. The molecule has 1 amide bonds. The average molecular weight is 363 g/mol. The molecular weight excluding hydrogens is 340 g/mol. The first-order valence-corrected chi connectivity index (χ1v) is 8.90. The lowest BCUT2D eigenvalue weighted by Gasteiger charge is -2.28. The number of nitrogens with one attached hydrogen (secondary N) is 2. The maximum atomic E-state index is 12.7. The van der Waals surface area contributed by atoms with Crippen LogP contribution in [0.15, 0.2) is 64.4 Å². The molecule has 24 heavy (non-hydrogen) atoms. The molecule has 2 N–H and O–H groups in total. The molecule has 2 atom stereocenters. The third kappa shape index (κ3) is 5.00. The van der Waals surface area contributed by atoms with Crippen LogP contribution < -0.4 is 10.6 Å². The van der Waals surface area contributed by atoms with Gasteiger partial charge < -0.3 is 10.6 Å². The van der Waals surface area contributed by atoms with Crippen LogP contribution in [0.25, 0.3) is 0 Å². The summed E-state index contributed by atoms with van der Waals surface area (Å²) in [4.78, 5) is 14.8. The van der Waals surface area contributed by atoms with E-state index in [-0.39, 0.29) is 24.4 Å². The number of amides is 1. The van der Waals surface area contributed by atoms with Crippen molar-refractivity contribution in [1.29, 1.82) is 0 Å². The van der Waals surface area contributed by atoms with Crippen LogP contribution in [0.1, 0.15) is 30.1 Å². The standard InChI is InChI=1S/C19H22N2OS.ClH/c1-14-13-15(11-12-20-14)21-19(22)17-9-5-6-10-18(17)23-16-7-3-2-4-8-16;/h2-10,14-15,20H,11-13H2,1H3,(H,21,22);1H. The van der Waals surface area contributed by atoms with E-state index >= 15 is 0 Å². The van der Waals surface area contributed by atoms with Crippen molar-refractivity contribution in [2.24, 2.45) is 0 Å².